The first-order valence-electron chi connectivity index (χ1n) is 9.63. The molecule has 31 heavy (non-hydrogen) atoms. The molecule has 0 aliphatic heterocycles. The van der Waals surface area contributed by atoms with Gasteiger partial charge in [-0.15, -0.1) is 0 Å². The van der Waals surface area contributed by atoms with E-state index in [0.717, 1.165) is 5.56 Å². The van der Waals surface area contributed by atoms with Crippen LogP contribution in [0.2, 0.25) is 5.02 Å². The molecule has 0 saturated carbocycles. The van der Waals surface area contributed by atoms with E-state index in [1.165, 1.54) is 10.5 Å². The van der Waals surface area contributed by atoms with Crippen molar-refractivity contribution >= 4 is 34.2 Å². The van der Waals surface area contributed by atoms with Crippen molar-refractivity contribution in [2.45, 2.75) is 26.8 Å². The van der Waals surface area contributed by atoms with Gasteiger partial charge < -0.3 is 4.57 Å². The number of rotatable bonds is 2. The zero-order valence-electron chi connectivity index (χ0n) is 17.1. The molecule has 0 bridgehead atoms. The molecule has 0 unspecified atom stereocenters. The molecule has 7 nitrogen and oxygen atoms in total. The maximum Gasteiger partial charge on any atom is 0.278 e. The normalized spacial score (nSPS) is 11.9. The Kier molecular flexibility index (Phi) is 5.17. The summed E-state index contributed by atoms with van der Waals surface area (Å²) in [5.41, 5.74) is 2.04. The molecule has 4 rings (SSSR count). The number of carbonyl (C=O) groups excluding carboxylic acids is 1. The Morgan fingerprint density at radius 1 is 1.19 bits per heavy atom. The van der Waals surface area contributed by atoms with E-state index in [1.807, 2.05) is 26.8 Å². The van der Waals surface area contributed by atoms with Crippen molar-refractivity contribution in [1.29, 1.82) is 5.26 Å². The van der Waals surface area contributed by atoms with Crippen LogP contribution in [-0.2, 0) is 0 Å². The molecule has 1 amide bonds. The first kappa shape index (κ1) is 20.5. The number of benzene rings is 1. The molecule has 3 aromatic heterocycles. The second kappa shape index (κ2) is 7.82. The molecule has 0 fully saturated rings. The summed E-state index contributed by atoms with van der Waals surface area (Å²) in [5, 5.41) is 10.6. The molecule has 0 radical (unpaired) electrons. The van der Waals surface area contributed by atoms with Gasteiger partial charge in [0.2, 0.25) is 0 Å². The zero-order valence-corrected chi connectivity index (χ0v) is 17.9. The van der Waals surface area contributed by atoms with Crippen LogP contribution >= 0.6 is 11.6 Å². The Bertz CT molecular complexity index is 1520. The minimum Gasteiger partial charge on any atom is -0.306 e. The van der Waals surface area contributed by atoms with Gasteiger partial charge >= 0.3 is 0 Å². The number of halogens is 1. The van der Waals surface area contributed by atoms with E-state index < -0.39 is 5.91 Å². The van der Waals surface area contributed by atoms with E-state index >= 15 is 0 Å². The predicted octanol–water partition coefficient (Wildman–Crippen LogP) is 3.80. The summed E-state index contributed by atoms with van der Waals surface area (Å²) in [6, 6.07) is 13.3. The van der Waals surface area contributed by atoms with Gasteiger partial charge in [-0.2, -0.15) is 10.3 Å². The number of hydrogen-bond acceptors (Lipinski definition) is 4. The molecular formula is C23H18ClN5O2. The Balaban J connectivity index is 2.13. The van der Waals surface area contributed by atoms with Crippen molar-refractivity contribution in [3.63, 3.8) is 0 Å². The highest BCUT2D eigenvalue weighted by Crippen LogP contribution is 2.16. The fourth-order valence-corrected chi connectivity index (χ4v) is 3.61. The second-order valence-corrected chi connectivity index (χ2v) is 7.86. The van der Waals surface area contributed by atoms with E-state index in [2.05, 4.69) is 11.1 Å². The van der Waals surface area contributed by atoms with Crippen molar-refractivity contribution in [3.05, 3.63) is 86.2 Å². The summed E-state index contributed by atoms with van der Waals surface area (Å²) in [4.78, 5) is 34.9. The van der Waals surface area contributed by atoms with E-state index in [-0.39, 0.29) is 28.0 Å². The quantitative estimate of drug-likeness (QED) is 0.451. The number of aromatic nitrogens is 3. The van der Waals surface area contributed by atoms with E-state index in [0.29, 0.717) is 21.9 Å². The summed E-state index contributed by atoms with van der Waals surface area (Å²) in [7, 11) is 0. The highest BCUT2D eigenvalue weighted by molar-refractivity contribution is 6.30. The first-order valence-corrected chi connectivity index (χ1v) is 10.0. The van der Waals surface area contributed by atoms with Crippen molar-refractivity contribution in [2.75, 3.05) is 0 Å². The predicted molar refractivity (Wildman–Crippen MR) is 118 cm³/mol. The van der Waals surface area contributed by atoms with Crippen LogP contribution in [0, 0.1) is 18.3 Å². The lowest BCUT2D eigenvalue weighted by Gasteiger charge is -2.16. The minimum absolute atomic E-state index is 0.120. The van der Waals surface area contributed by atoms with Crippen LogP contribution in [0.25, 0.3) is 16.7 Å². The molecule has 154 valence electrons. The Morgan fingerprint density at radius 3 is 2.55 bits per heavy atom. The molecule has 4 aromatic rings. The summed E-state index contributed by atoms with van der Waals surface area (Å²) in [5.74, 6) is -0.518. The third-order valence-corrected chi connectivity index (χ3v) is 5.24. The number of nitrogens with zero attached hydrogens (tertiary/aromatic N) is 5. The molecule has 3 heterocycles. The number of nitriles is 1. The van der Waals surface area contributed by atoms with Crippen molar-refractivity contribution in [3.8, 4) is 6.07 Å². The van der Waals surface area contributed by atoms with Crippen LogP contribution in [0.3, 0.4) is 0 Å². The van der Waals surface area contributed by atoms with Gasteiger partial charge in [-0.25, -0.2) is 4.98 Å². The van der Waals surface area contributed by atoms with Gasteiger partial charge in [0, 0.05) is 22.8 Å². The molecule has 0 aliphatic carbocycles. The SMILES string of the molecule is Cc1cccn2c(=O)c3cc(C#N)c(=NC(=O)c4ccc(Cl)cc4)n(C(C)C)c3nc12. The molecule has 8 heteroatoms. The van der Waals surface area contributed by atoms with E-state index in [1.54, 1.807) is 41.1 Å². The van der Waals surface area contributed by atoms with Crippen LogP contribution in [0.4, 0.5) is 0 Å². The number of hydrogen-bond donors (Lipinski definition) is 0. The lowest BCUT2D eigenvalue weighted by Crippen LogP contribution is -2.30. The Labute approximate surface area is 182 Å². The smallest absolute Gasteiger partial charge is 0.278 e. The molecule has 0 saturated heterocycles. The fourth-order valence-electron chi connectivity index (χ4n) is 3.49. The van der Waals surface area contributed by atoms with Gasteiger partial charge in [0.05, 0.1) is 10.9 Å². The maximum absolute atomic E-state index is 13.2. The number of amides is 1. The highest BCUT2D eigenvalue weighted by atomic mass is 35.5. The van der Waals surface area contributed by atoms with Gasteiger partial charge in [0.1, 0.15) is 17.4 Å². The van der Waals surface area contributed by atoms with Crippen LogP contribution in [0.1, 0.15) is 41.4 Å². The van der Waals surface area contributed by atoms with Crippen LogP contribution in [-0.4, -0.2) is 19.9 Å². The lowest BCUT2D eigenvalue weighted by molar-refractivity contribution is 0.0997. The Hall–Kier alpha value is -3.76. The monoisotopic (exact) mass is 431 g/mol. The standard InChI is InChI=1S/C23H18ClN5O2/c1-13(2)29-20(27-22(30)15-6-8-17(24)9-7-15)16(12-25)11-18-21(29)26-19-14(3)5-4-10-28(19)23(18)31/h4-11,13H,1-3H3. The number of aryl methyl sites for hydroxylation is 1. The largest absolute Gasteiger partial charge is 0.306 e. The molecule has 0 spiro atoms. The third kappa shape index (κ3) is 3.51. The summed E-state index contributed by atoms with van der Waals surface area (Å²) in [6.45, 7) is 5.63. The van der Waals surface area contributed by atoms with E-state index in [9.17, 15) is 14.9 Å². The lowest BCUT2D eigenvalue weighted by atomic mass is 10.2. The number of pyridine rings is 2. The number of fused-ring (bicyclic) bond motifs is 2. The second-order valence-electron chi connectivity index (χ2n) is 7.42. The van der Waals surface area contributed by atoms with Crippen molar-refractivity contribution in [2.24, 2.45) is 4.99 Å². The first-order chi connectivity index (χ1) is 14.8. The van der Waals surface area contributed by atoms with Gasteiger partial charge in [-0.3, -0.25) is 14.0 Å². The Morgan fingerprint density at radius 2 is 1.90 bits per heavy atom. The average Bonchev–Trinajstić information content (AvgIpc) is 2.74. The van der Waals surface area contributed by atoms with Gasteiger partial charge in [-0.05, 0) is 62.7 Å². The zero-order chi connectivity index (χ0) is 22.3. The summed E-state index contributed by atoms with van der Waals surface area (Å²) < 4.78 is 3.12. The van der Waals surface area contributed by atoms with Crippen LogP contribution in [0.15, 0.2) is 58.4 Å². The third-order valence-electron chi connectivity index (χ3n) is 4.99. The molecular weight excluding hydrogens is 414 g/mol. The molecule has 1 aromatic carbocycles. The van der Waals surface area contributed by atoms with Crippen molar-refractivity contribution in [1.82, 2.24) is 14.0 Å². The molecule has 0 aliphatic rings. The number of carbonyl (C=O) groups is 1. The maximum atomic E-state index is 13.2. The average molecular weight is 432 g/mol. The van der Waals surface area contributed by atoms with Gasteiger partial charge in [0.15, 0.2) is 5.49 Å². The summed E-state index contributed by atoms with van der Waals surface area (Å²) >= 11 is 5.90. The van der Waals surface area contributed by atoms with Gasteiger partial charge in [0.25, 0.3) is 11.5 Å². The van der Waals surface area contributed by atoms with E-state index in [4.69, 9.17) is 16.6 Å². The highest BCUT2D eigenvalue weighted by Gasteiger charge is 2.17. The molecule has 0 atom stereocenters. The van der Waals surface area contributed by atoms with Crippen LogP contribution < -0.4 is 11.0 Å². The van der Waals surface area contributed by atoms with Crippen LogP contribution in [0.5, 0.6) is 0 Å². The fraction of sp³-hybridized carbons (Fsp3) is 0.174. The minimum atomic E-state index is -0.518. The van der Waals surface area contributed by atoms with Gasteiger partial charge in [-0.1, -0.05) is 17.7 Å². The summed E-state index contributed by atoms with van der Waals surface area (Å²) in [6.07, 6.45) is 1.64. The van der Waals surface area contributed by atoms with Crippen molar-refractivity contribution < 1.29 is 4.79 Å². The molecule has 0 N–H and O–H groups in total. The topological polar surface area (TPSA) is 92.5 Å².